The van der Waals surface area contributed by atoms with Gasteiger partial charge in [0.25, 0.3) is 12.1 Å². The van der Waals surface area contributed by atoms with Gasteiger partial charge >= 0.3 is 0 Å². The number of halogens is 2. The Bertz CT molecular complexity index is 455. The van der Waals surface area contributed by atoms with Crippen LogP contribution in [0, 0.1) is 22.5 Å². The van der Waals surface area contributed by atoms with E-state index in [1.165, 1.54) is 12.1 Å². The highest BCUT2D eigenvalue weighted by Crippen LogP contribution is 2.30. The molecular formula is C11H10F2N2O2. The average molecular weight is 240 g/mol. The van der Waals surface area contributed by atoms with E-state index in [0.29, 0.717) is 13.0 Å². The Balaban J connectivity index is 2.97. The van der Waals surface area contributed by atoms with E-state index in [0.717, 1.165) is 6.07 Å². The first-order valence-electron chi connectivity index (χ1n) is 4.80. The standard InChI is InChI=1S/C11H10F2N2O2/c1-2-3-6-14-10-5-4-8(15(16)17)7-9(10)11(12)13/h1,4-5,7,11,14H,3,6H2. The van der Waals surface area contributed by atoms with Crippen LogP contribution in [0.1, 0.15) is 18.4 Å². The zero-order valence-corrected chi connectivity index (χ0v) is 8.82. The molecule has 1 aromatic rings. The summed E-state index contributed by atoms with van der Waals surface area (Å²) in [5, 5.41) is 13.2. The van der Waals surface area contributed by atoms with Crippen LogP contribution >= 0.6 is 0 Å². The van der Waals surface area contributed by atoms with Gasteiger partial charge in [-0.1, -0.05) is 0 Å². The third-order valence-corrected chi connectivity index (χ3v) is 2.07. The van der Waals surface area contributed by atoms with Gasteiger partial charge in [0.05, 0.1) is 4.92 Å². The van der Waals surface area contributed by atoms with Crippen molar-refractivity contribution in [3.63, 3.8) is 0 Å². The Labute approximate surface area is 96.8 Å². The smallest absolute Gasteiger partial charge is 0.270 e. The fraction of sp³-hybridized carbons (Fsp3) is 0.273. The fourth-order valence-electron chi connectivity index (χ4n) is 1.27. The summed E-state index contributed by atoms with van der Waals surface area (Å²) in [6.45, 7) is 0.341. The number of anilines is 1. The van der Waals surface area contributed by atoms with E-state index >= 15 is 0 Å². The lowest BCUT2D eigenvalue weighted by molar-refractivity contribution is -0.385. The molecule has 0 saturated carbocycles. The highest BCUT2D eigenvalue weighted by molar-refractivity contribution is 5.56. The summed E-state index contributed by atoms with van der Waals surface area (Å²) in [5.74, 6) is 2.36. The molecule has 0 amide bonds. The number of nitrogens with one attached hydrogen (secondary N) is 1. The summed E-state index contributed by atoms with van der Waals surface area (Å²) in [5.41, 5.74) is -0.583. The summed E-state index contributed by atoms with van der Waals surface area (Å²) < 4.78 is 25.4. The number of alkyl halides is 2. The number of nitro groups is 1. The largest absolute Gasteiger partial charge is 0.384 e. The van der Waals surface area contributed by atoms with Gasteiger partial charge in [-0.3, -0.25) is 10.1 Å². The van der Waals surface area contributed by atoms with Gasteiger partial charge in [0.2, 0.25) is 0 Å². The SMILES string of the molecule is C#CCCNc1ccc([N+](=O)[O-])cc1C(F)F. The van der Waals surface area contributed by atoms with Gasteiger partial charge in [-0.15, -0.1) is 12.3 Å². The maximum atomic E-state index is 12.7. The molecule has 1 rings (SSSR count). The van der Waals surface area contributed by atoms with Gasteiger partial charge in [-0.2, -0.15) is 0 Å². The second kappa shape index (κ2) is 5.80. The fourth-order valence-corrected chi connectivity index (χ4v) is 1.27. The van der Waals surface area contributed by atoms with E-state index < -0.39 is 16.9 Å². The highest BCUT2D eigenvalue weighted by atomic mass is 19.3. The summed E-state index contributed by atoms with van der Waals surface area (Å²) in [6, 6.07) is 3.29. The Morgan fingerprint density at radius 2 is 2.24 bits per heavy atom. The van der Waals surface area contributed by atoms with Crippen molar-refractivity contribution in [2.45, 2.75) is 12.8 Å². The zero-order valence-electron chi connectivity index (χ0n) is 8.82. The molecule has 6 heteroatoms. The van der Waals surface area contributed by atoms with Gasteiger partial charge < -0.3 is 5.32 Å². The number of benzene rings is 1. The van der Waals surface area contributed by atoms with Gasteiger partial charge in [0, 0.05) is 36.3 Å². The molecule has 0 aliphatic carbocycles. The molecule has 0 saturated heterocycles. The minimum absolute atomic E-state index is 0.167. The first-order chi connectivity index (χ1) is 8.06. The first kappa shape index (κ1) is 12.9. The van der Waals surface area contributed by atoms with Crippen LogP contribution in [0.3, 0.4) is 0 Å². The van der Waals surface area contributed by atoms with Crippen LogP contribution in [0.4, 0.5) is 20.2 Å². The molecule has 0 aliphatic heterocycles. The van der Waals surface area contributed by atoms with E-state index in [1.54, 1.807) is 0 Å². The van der Waals surface area contributed by atoms with Crippen LogP contribution in [0.5, 0.6) is 0 Å². The quantitative estimate of drug-likeness (QED) is 0.372. The van der Waals surface area contributed by atoms with Crippen LogP contribution in [0.25, 0.3) is 0 Å². The molecule has 0 bridgehead atoms. The number of nitro benzene ring substituents is 1. The van der Waals surface area contributed by atoms with Crippen molar-refractivity contribution < 1.29 is 13.7 Å². The topological polar surface area (TPSA) is 55.2 Å². The van der Waals surface area contributed by atoms with Gasteiger partial charge in [0.1, 0.15) is 0 Å². The lowest BCUT2D eigenvalue weighted by Crippen LogP contribution is -2.04. The van der Waals surface area contributed by atoms with E-state index in [-0.39, 0.29) is 11.4 Å². The maximum Gasteiger partial charge on any atom is 0.270 e. The summed E-state index contributed by atoms with van der Waals surface area (Å²) in [7, 11) is 0. The monoisotopic (exact) mass is 240 g/mol. The van der Waals surface area contributed by atoms with Crippen molar-refractivity contribution >= 4 is 11.4 Å². The third kappa shape index (κ3) is 3.41. The molecule has 0 fully saturated rings. The molecular weight excluding hydrogens is 230 g/mol. The van der Waals surface area contributed by atoms with Crippen molar-refractivity contribution in [2.24, 2.45) is 0 Å². The molecule has 0 unspecified atom stereocenters. The number of hydrogen-bond donors (Lipinski definition) is 1. The Morgan fingerprint density at radius 1 is 1.53 bits per heavy atom. The summed E-state index contributed by atoms with van der Waals surface area (Å²) >= 11 is 0. The van der Waals surface area contributed by atoms with Crippen LogP contribution < -0.4 is 5.32 Å². The van der Waals surface area contributed by atoms with Gasteiger partial charge in [0.15, 0.2) is 0 Å². The van der Waals surface area contributed by atoms with Crippen LogP contribution in [0.15, 0.2) is 18.2 Å². The lowest BCUT2D eigenvalue weighted by Gasteiger charge is -2.10. The van der Waals surface area contributed by atoms with E-state index in [4.69, 9.17) is 6.42 Å². The number of nitrogens with zero attached hydrogens (tertiary/aromatic N) is 1. The normalized spacial score (nSPS) is 10.0. The molecule has 4 nitrogen and oxygen atoms in total. The Kier molecular flexibility index (Phi) is 4.40. The minimum Gasteiger partial charge on any atom is -0.384 e. The zero-order chi connectivity index (χ0) is 12.8. The molecule has 0 aromatic heterocycles. The summed E-state index contributed by atoms with van der Waals surface area (Å²) in [4.78, 5) is 9.75. The van der Waals surface area contributed by atoms with E-state index in [1.807, 2.05) is 0 Å². The highest BCUT2D eigenvalue weighted by Gasteiger charge is 2.17. The van der Waals surface area contributed by atoms with Crippen molar-refractivity contribution in [1.29, 1.82) is 0 Å². The molecule has 0 heterocycles. The predicted octanol–water partition coefficient (Wildman–Crippen LogP) is 2.97. The Morgan fingerprint density at radius 3 is 2.76 bits per heavy atom. The Hall–Kier alpha value is -2.16. The first-order valence-corrected chi connectivity index (χ1v) is 4.80. The number of rotatable bonds is 5. The molecule has 17 heavy (non-hydrogen) atoms. The molecule has 0 aliphatic rings. The second-order valence-corrected chi connectivity index (χ2v) is 3.21. The van der Waals surface area contributed by atoms with Gasteiger partial charge in [-0.25, -0.2) is 8.78 Å². The third-order valence-electron chi connectivity index (χ3n) is 2.07. The molecule has 1 aromatic carbocycles. The van der Waals surface area contributed by atoms with Crippen molar-refractivity contribution in [1.82, 2.24) is 0 Å². The number of non-ortho nitro benzene ring substituents is 1. The van der Waals surface area contributed by atoms with Crippen molar-refractivity contribution in [3.05, 3.63) is 33.9 Å². The predicted molar refractivity (Wildman–Crippen MR) is 60.0 cm³/mol. The number of hydrogen-bond acceptors (Lipinski definition) is 3. The summed E-state index contributed by atoms with van der Waals surface area (Å²) in [6.07, 6.45) is 2.64. The van der Waals surface area contributed by atoms with Crippen molar-refractivity contribution in [2.75, 3.05) is 11.9 Å². The maximum absolute atomic E-state index is 12.7. The average Bonchev–Trinajstić information content (AvgIpc) is 2.29. The second-order valence-electron chi connectivity index (χ2n) is 3.21. The van der Waals surface area contributed by atoms with Gasteiger partial charge in [-0.05, 0) is 6.07 Å². The number of terminal acetylenes is 1. The molecule has 0 radical (unpaired) electrons. The molecule has 90 valence electrons. The van der Waals surface area contributed by atoms with E-state index in [9.17, 15) is 18.9 Å². The van der Waals surface area contributed by atoms with Crippen molar-refractivity contribution in [3.8, 4) is 12.3 Å². The van der Waals surface area contributed by atoms with Crippen LogP contribution in [-0.2, 0) is 0 Å². The van der Waals surface area contributed by atoms with E-state index in [2.05, 4.69) is 11.2 Å². The minimum atomic E-state index is -2.77. The molecule has 1 N–H and O–H groups in total. The van der Waals surface area contributed by atoms with Crippen LogP contribution in [0.2, 0.25) is 0 Å². The molecule has 0 spiro atoms. The lowest BCUT2D eigenvalue weighted by atomic mass is 10.1. The molecule has 0 atom stereocenters. The van der Waals surface area contributed by atoms with Crippen LogP contribution in [-0.4, -0.2) is 11.5 Å².